The highest BCUT2D eigenvalue weighted by molar-refractivity contribution is 6.08. The third-order valence-electron chi connectivity index (χ3n) is 8.85. The number of anilines is 1. The topological polar surface area (TPSA) is 242 Å². The monoisotopic (exact) mass is 733 g/mol. The number of aromatic hydroxyl groups is 1. The number of phenols is 1. The number of aromatic carboxylic acids is 1. The van der Waals surface area contributed by atoms with Crippen molar-refractivity contribution in [3.63, 3.8) is 0 Å². The van der Waals surface area contributed by atoms with E-state index >= 15 is 0 Å². The number of carboxylic acid groups (broad SMARTS) is 4. The lowest BCUT2D eigenvalue weighted by Crippen LogP contribution is -2.49. The molecule has 2 heterocycles. The maximum atomic E-state index is 13.4. The van der Waals surface area contributed by atoms with Crippen LogP contribution in [0.5, 0.6) is 5.75 Å². The Morgan fingerprint density at radius 2 is 1.13 bits per heavy atom. The van der Waals surface area contributed by atoms with Crippen molar-refractivity contribution in [2.24, 2.45) is 0 Å². The van der Waals surface area contributed by atoms with Gasteiger partial charge in [0.15, 0.2) is 5.43 Å². The minimum Gasteiger partial charge on any atom is -0.508 e. The molecule has 0 aromatic heterocycles. The Balaban J connectivity index is 1.39. The molecule has 17 heteroatoms. The summed E-state index contributed by atoms with van der Waals surface area (Å²) in [6.07, 6.45) is 0. The number of carbonyl (C=O) groups is 5. The summed E-state index contributed by atoms with van der Waals surface area (Å²) < 4.78 is 5.88. The Bertz CT molecular complexity index is 2020. The van der Waals surface area contributed by atoms with Gasteiger partial charge in [0.25, 0.3) is 0 Å². The molecular formula is C36H39N5O12. The lowest BCUT2D eigenvalue weighted by atomic mass is 9.90. The van der Waals surface area contributed by atoms with Gasteiger partial charge in [-0.3, -0.25) is 43.6 Å². The van der Waals surface area contributed by atoms with Gasteiger partial charge in [-0.05, 0) is 42.0 Å². The average Bonchev–Trinajstić information content (AvgIpc) is 3.07. The molecule has 0 saturated carbocycles. The van der Waals surface area contributed by atoms with Crippen LogP contribution >= 0.6 is 0 Å². The van der Waals surface area contributed by atoms with Crippen LogP contribution in [-0.4, -0.2) is 153 Å². The number of aliphatic carboxylic acids is 3. The molecule has 0 bridgehead atoms. The van der Waals surface area contributed by atoms with Crippen molar-refractivity contribution in [3.8, 4) is 28.2 Å². The van der Waals surface area contributed by atoms with E-state index in [2.05, 4.69) is 5.32 Å². The van der Waals surface area contributed by atoms with Gasteiger partial charge < -0.3 is 35.3 Å². The molecule has 17 nitrogen and oxygen atoms in total. The normalized spacial score (nSPS) is 15.8. The molecule has 280 valence electrons. The number of phenolic OH excluding ortho intramolecular Hbond substituents is 1. The third kappa shape index (κ3) is 10.4. The molecule has 3 aliphatic rings. The first-order valence-electron chi connectivity index (χ1n) is 16.7. The van der Waals surface area contributed by atoms with Gasteiger partial charge in [0.2, 0.25) is 5.91 Å². The SMILES string of the molecule is O=C(O)CN1CCN(CC(=O)O)CCN(CC(=O)Nc2ccc(-c3c4ccc(=O)cc-4oc4cc(O)ccc34)c(C(=O)O)c2)CCN(CC(=O)O)CC1. The molecule has 0 atom stereocenters. The van der Waals surface area contributed by atoms with Crippen molar-refractivity contribution in [3.05, 3.63) is 70.4 Å². The quantitative estimate of drug-likeness (QED) is 0.119. The molecule has 1 amide bonds. The summed E-state index contributed by atoms with van der Waals surface area (Å²) in [6.45, 7) is 0.688. The minimum absolute atomic E-state index is 0.0924. The molecule has 1 aliphatic carbocycles. The fraction of sp³-hybridized carbons (Fsp3) is 0.333. The fourth-order valence-corrected chi connectivity index (χ4v) is 6.35. The second kappa shape index (κ2) is 17.1. The van der Waals surface area contributed by atoms with Crippen molar-refractivity contribution >= 4 is 46.4 Å². The average molecular weight is 734 g/mol. The molecule has 5 rings (SSSR count). The van der Waals surface area contributed by atoms with Crippen LogP contribution in [0.4, 0.5) is 5.69 Å². The summed E-state index contributed by atoms with van der Waals surface area (Å²) in [5, 5.41) is 51.9. The zero-order valence-electron chi connectivity index (χ0n) is 28.6. The third-order valence-corrected chi connectivity index (χ3v) is 8.85. The summed E-state index contributed by atoms with van der Waals surface area (Å²) in [6, 6.07) is 12.9. The fourth-order valence-electron chi connectivity index (χ4n) is 6.35. The molecule has 1 saturated heterocycles. The Labute approximate surface area is 302 Å². The lowest BCUT2D eigenvalue weighted by Gasteiger charge is -2.32. The van der Waals surface area contributed by atoms with Crippen molar-refractivity contribution in [1.82, 2.24) is 19.6 Å². The van der Waals surface area contributed by atoms with Crippen molar-refractivity contribution < 1.29 is 53.9 Å². The van der Waals surface area contributed by atoms with E-state index in [-0.39, 0.29) is 118 Å². The molecule has 1 fully saturated rings. The lowest BCUT2D eigenvalue weighted by molar-refractivity contribution is -0.140. The highest BCUT2D eigenvalue weighted by atomic mass is 16.4. The van der Waals surface area contributed by atoms with E-state index in [1.807, 2.05) is 0 Å². The highest BCUT2D eigenvalue weighted by Gasteiger charge is 2.24. The summed E-state index contributed by atoms with van der Waals surface area (Å²) in [4.78, 5) is 79.5. The van der Waals surface area contributed by atoms with Gasteiger partial charge >= 0.3 is 23.9 Å². The molecule has 6 N–H and O–H groups in total. The van der Waals surface area contributed by atoms with Crippen LogP contribution < -0.4 is 10.7 Å². The predicted molar refractivity (Wildman–Crippen MR) is 190 cm³/mol. The van der Waals surface area contributed by atoms with Gasteiger partial charge in [0.05, 0.1) is 31.7 Å². The van der Waals surface area contributed by atoms with Crippen LogP contribution in [0.15, 0.2) is 63.8 Å². The van der Waals surface area contributed by atoms with Gasteiger partial charge in [0, 0.05) is 86.7 Å². The van der Waals surface area contributed by atoms with Crippen LogP contribution in [-0.2, 0) is 19.2 Å². The van der Waals surface area contributed by atoms with Gasteiger partial charge in [-0.1, -0.05) is 6.07 Å². The Hall–Kier alpha value is -5.88. The molecule has 2 aliphatic heterocycles. The number of carbonyl (C=O) groups excluding carboxylic acids is 1. The first-order chi connectivity index (χ1) is 25.2. The van der Waals surface area contributed by atoms with Crippen LogP contribution in [0, 0.1) is 0 Å². The molecule has 0 unspecified atom stereocenters. The highest BCUT2D eigenvalue weighted by Crippen LogP contribution is 2.42. The number of nitrogens with one attached hydrogen (secondary N) is 1. The Morgan fingerprint density at radius 1 is 0.623 bits per heavy atom. The molecule has 2 aromatic carbocycles. The van der Waals surface area contributed by atoms with Crippen molar-refractivity contribution in [2.45, 2.75) is 0 Å². The maximum absolute atomic E-state index is 13.4. The summed E-state index contributed by atoms with van der Waals surface area (Å²) in [5.41, 5.74) is 1.09. The molecule has 0 spiro atoms. The number of hydrogen-bond acceptors (Lipinski definition) is 12. The number of fused-ring (bicyclic) bond motifs is 2. The number of amides is 1. The standard InChI is InChI=1S/C36H39N5O12/c42-23-2-5-26-29(16-23)53-30-17-24(43)3-6-27(30)35(26)25-4-1-22(15-28(25)36(51)52)37-31(44)18-38-7-9-39(19-32(45)46)11-13-41(21-34(49)50)14-12-40(10-8-38)20-33(47)48/h1-6,15-17,42H,7-14,18-21H2,(H,37,44)(H,45,46)(H,47,48)(H,49,50)(H,51,52). The zero-order chi connectivity index (χ0) is 38.2. The van der Waals surface area contributed by atoms with E-state index in [0.29, 0.717) is 16.5 Å². The first kappa shape index (κ1) is 38.4. The minimum atomic E-state index is -1.29. The molecule has 53 heavy (non-hydrogen) atoms. The molecule has 0 radical (unpaired) electrons. The van der Waals surface area contributed by atoms with Crippen LogP contribution in [0.2, 0.25) is 0 Å². The van der Waals surface area contributed by atoms with Crippen LogP contribution in [0.3, 0.4) is 0 Å². The summed E-state index contributed by atoms with van der Waals surface area (Å²) in [7, 11) is 0. The first-order valence-corrected chi connectivity index (χ1v) is 16.7. The number of rotatable bonds is 11. The predicted octanol–water partition coefficient (Wildman–Crippen LogP) is 1.38. The van der Waals surface area contributed by atoms with Gasteiger partial charge in [0.1, 0.15) is 17.1 Å². The van der Waals surface area contributed by atoms with Gasteiger partial charge in [-0.25, -0.2) is 4.79 Å². The van der Waals surface area contributed by atoms with E-state index in [1.54, 1.807) is 25.7 Å². The van der Waals surface area contributed by atoms with E-state index in [1.165, 1.54) is 48.5 Å². The van der Waals surface area contributed by atoms with Crippen LogP contribution in [0.25, 0.3) is 33.4 Å². The van der Waals surface area contributed by atoms with Crippen LogP contribution in [0.1, 0.15) is 10.4 Å². The zero-order valence-corrected chi connectivity index (χ0v) is 28.6. The largest absolute Gasteiger partial charge is 0.508 e. The maximum Gasteiger partial charge on any atom is 0.336 e. The van der Waals surface area contributed by atoms with Crippen molar-refractivity contribution in [2.75, 3.05) is 83.9 Å². The molecule has 2 aromatic rings. The van der Waals surface area contributed by atoms with E-state index in [0.717, 1.165) is 0 Å². The van der Waals surface area contributed by atoms with Crippen molar-refractivity contribution in [1.29, 1.82) is 0 Å². The Kier molecular flexibility index (Phi) is 12.4. The molecular weight excluding hydrogens is 694 g/mol. The Morgan fingerprint density at radius 3 is 1.64 bits per heavy atom. The van der Waals surface area contributed by atoms with E-state index < -0.39 is 29.8 Å². The smallest absolute Gasteiger partial charge is 0.336 e. The second-order valence-electron chi connectivity index (χ2n) is 12.7. The number of carboxylic acids is 4. The number of nitrogens with zero attached hydrogens (tertiary/aromatic N) is 4. The van der Waals surface area contributed by atoms with Gasteiger partial charge in [-0.15, -0.1) is 0 Å². The van der Waals surface area contributed by atoms with E-state index in [4.69, 9.17) is 4.42 Å². The van der Waals surface area contributed by atoms with Gasteiger partial charge in [-0.2, -0.15) is 0 Å². The summed E-state index contributed by atoms with van der Waals surface area (Å²) in [5.74, 6) is -4.91. The number of hydrogen-bond donors (Lipinski definition) is 6. The second-order valence-corrected chi connectivity index (χ2v) is 12.7. The number of benzene rings is 3. The van der Waals surface area contributed by atoms with E-state index in [9.17, 15) is 54.3 Å². The summed E-state index contributed by atoms with van der Waals surface area (Å²) >= 11 is 0.